The molecule has 5 nitrogen and oxygen atoms in total. The Morgan fingerprint density at radius 3 is 2.86 bits per heavy atom. The fourth-order valence-electron chi connectivity index (χ4n) is 3.01. The first-order valence-electron chi connectivity index (χ1n) is 7.84. The molecule has 1 amide bonds. The molecule has 1 aliphatic carbocycles. The van der Waals surface area contributed by atoms with E-state index in [0.717, 1.165) is 12.2 Å². The maximum Gasteiger partial charge on any atom is 0.308 e. The molecule has 1 saturated carbocycles. The second-order valence-electron chi connectivity index (χ2n) is 6.35. The number of carboxylic acids is 1. The molecule has 0 aromatic carbocycles. The number of carbonyl (C=O) groups is 2. The largest absolute Gasteiger partial charge is 0.481 e. The quantitative estimate of drug-likeness (QED) is 0.868. The minimum Gasteiger partial charge on any atom is -0.481 e. The summed E-state index contributed by atoms with van der Waals surface area (Å²) in [5, 5.41) is 9.06. The summed E-state index contributed by atoms with van der Waals surface area (Å²) in [6.45, 7) is 3.11. The van der Waals surface area contributed by atoms with Crippen molar-refractivity contribution in [2.75, 3.05) is 13.1 Å². The first kappa shape index (κ1) is 14.9. The topological polar surface area (TPSA) is 70.8 Å². The van der Waals surface area contributed by atoms with E-state index in [0.29, 0.717) is 37.1 Å². The van der Waals surface area contributed by atoms with E-state index in [4.69, 9.17) is 9.52 Å². The van der Waals surface area contributed by atoms with Gasteiger partial charge in [-0.25, -0.2) is 0 Å². The molecule has 1 saturated heterocycles. The van der Waals surface area contributed by atoms with Crippen molar-refractivity contribution < 1.29 is 19.1 Å². The van der Waals surface area contributed by atoms with Crippen molar-refractivity contribution in [2.45, 2.75) is 32.1 Å². The highest BCUT2D eigenvalue weighted by Crippen LogP contribution is 2.47. The average Bonchev–Trinajstić information content (AvgIpc) is 3.06. The van der Waals surface area contributed by atoms with Crippen LogP contribution in [0.15, 0.2) is 22.6 Å². The number of piperidine rings is 1. The van der Waals surface area contributed by atoms with Gasteiger partial charge in [0, 0.05) is 25.1 Å². The van der Waals surface area contributed by atoms with E-state index in [1.54, 1.807) is 11.0 Å². The zero-order valence-electron chi connectivity index (χ0n) is 12.7. The van der Waals surface area contributed by atoms with Crippen LogP contribution in [-0.2, 0) is 9.59 Å². The summed E-state index contributed by atoms with van der Waals surface area (Å²) in [4.78, 5) is 24.8. The normalized spacial score (nSPS) is 28.0. The number of likely N-dealkylation sites (tertiary alicyclic amines) is 1. The van der Waals surface area contributed by atoms with E-state index in [1.165, 1.54) is 12.5 Å². The maximum atomic E-state index is 12.1. The molecule has 1 aromatic heterocycles. The molecule has 0 spiro atoms. The highest BCUT2D eigenvalue weighted by molar-refractivity contribution is 5.91. The molecule has 3 atom stereocenters. The second-order valence-corrected chi connectivity index (χ2v) is 6.35. The first-order chi connectivity index (χ1) is 10.5. The lowest BCUT2D eigenvalue weighted by atomic mass is 9.98. The molecule has 1 aliphatic heterocycles. The third-order valence-corrected chi connectivity index (χ3v) is 4.59. The molecule has 0 radical (unpaired) electrons. The number of rotatable bonds is 4. The Balaban J connectivity index is 1.58. The molecule has 2 fully saturated rings. The number of carbonyl (C=O) groups excluding carboxylic acids is 1. The molecule has 118 valence electrons. The standard InChI is InChI=1S/C17H21NO4/c1-11-9-14(11)15-6-4-13(22-15)5-7-16(19)18-8-2-3-12(10-18)17(20)21/h4-7,11-12,14H,2-3,8-10H2,1H3,(H,20,21). The lowest BCUT2D eigenvalue weighted by molar-refractivity contribution is -0.144. The van der Waals surface area contributed by atoms with E-state index in [9.17, 15) is 9.59 Å². The Morgan fingerprint density at radius 1 is 1.41 bits per heavy atom. The minimum atomic E-state index is -0.823. The van der Waals surface area contributed by atoms with Gasteiger partial charge in [0.05, 0.1) is 5.92 Å². The molecule has 0 bridgehead atoms. The van der Waals surface area contributed by atoms with Crippen molar-refractivity contribution in [1.29, 1.82) is 0 Å². The third-order valence-electron chi connectivity index (χ3n) is 4.59. The lowest BCUT2D eigenvalue weighted by Crippen LogP contribution is -2.41. The Hall–Kier alpha value is -2.04. The van der Waals surface area contributed by atoms with Gasteiger partial charge in [-0.05, 0) is 43.4 Å². The zero-order valence-corrected chi connectivity index (χ0v) is 12.7. The molecule has 1 N–H and O–H groups in total. The van der Waals surface area contributed by atoms with Crippen LogP contribution in [0.4, 0.5) is 0 Å². The second kappa shape index (κ2) is 5.99. The van der Waals surface area contributed by atoms with Gasteiger partial charge in [-0.3, -0.25) is 9.59 Å². The molecule has 2 aliphatic rings. The fourth-order valence-corrected chi connectivity index (χ4v) is 3.01. The van der Waals surface area contributed by atoms with Crippen LogP contribution in [0.5, 0.6) is 0 Å². The number of furan rings is 1. The number of carboxylic acid groups (broad SMARTS) is 1. The van der Waals surface area contributed by atoms with Crippen LogP contribution >= 0.6 is 0 Å². The van der Waals surface area contributed by atoms with Gasteiger partial charge in [0.1, 0.15) is 11.5 Å². The van der Waals surface area contributed by atoms with Gasteiger partial charge < -0.3 is 14.4 Å². The average molecular weight is 303 g/mol. The van der Waals surface area contributed by atoms with Crippen molar-refractivity contribution in [3.63, 3.8) is 0 Å². The van der Waals surface area contributed by atoms with E-state index < -0.39 is 11.9 Å². The van der Waals surface area contributed by atoms with Crippen LogP contribution in [0.2, 0.25) is 0 Å². The summed E-state index contributed by atoms with van der Waals surface area (Å²) in [5.41, 5.74) is 0. The van der Waals surface area contributed by atoms with Crippen molar-refractivity contribution >= 4 is 18.0 Å². The Bertz CT molecular complexity index is 604. The zero-order chi connectivity index (χ0) is 15.7. The van der Waals surface area contributed by atoms with Crippen LogP contribution in [0, 0.1) is 11.8 Å². The SMILES string of the molecule is CC1CC1c1ccc(C=CC(=O)N2CCCC(C(=O)O)C2)o1. The summed E-state index contributed by atoms with van der Waals surface area (Å²) in [6, 6.07) is 3.85. The highest BCUT2D eigenvalue weighted by Gasteiger charge is 2.36. The van der Waals surface area contributed by atoms with Crippen molar-refractivity contribution in [3.05, 3.63) is 29.7 Å². The molecule has 3 unspecified atom stereocenters. The van der Waals surface area contributed by atoms with Gasteiger partial charge in [0.2, 0.25) is 5.91 Å². The van der Waals surface area contributed by atoms with Crippen LogP contribution in [0.25, 0.3) is 6.08 Å². The fraction of sp³-hybridized carbons (Fsp3) is 0.529. The minimum absolute atomic E-state index is 0.149. The number of hydrogen-bond donors (Lipinski definition) is 1. The summed E-state index contributed by atoms with van der Waals surface area (Å²) in [5.74, 6) is 1.46. The summed E-state index contributed by atoms with van der Waals surface area (Å²) >= 11 is 0. The maximum absolute atomic E-state index is 12.1. The summed E-state index contributed by atoms with van der Waals surface area (Å²) in [6.07, 6.45) is 5.69. The van der Waals surface area contributed by atoms with Crippen LogP contribution in [0.1, 0.15) is 43.6 Å². The highest BCUT2D eigenvalue weighted by atomic mass is 16.4. The molecule has 1 aromatic rings. The first-order valence-corrected chi connectivity index (χ1v) is 7.84. The summed E-state index contributed by atoms with van der Waals surface area (Å²) < 4.78 is 5.72. The van der Waals surface area contributed by atoms with E-state index in [-0.39, 0.29) is 5.91 Å². The molecule has 22 heavy (non-hydrogen) atoms. The van der Waals surface area contributed by atoms with Crippen LogP contribution in [0.3, 0.4) is 0 Å². The van der Waals surface area contributed by atoms with Crippen molar-refractivity contribution in [3.8, 4) is 0 Å². The summed E-state index contributed by atoms with van der Waals surface area (Å²) in [7, 11) is 0. The van der Waals surface area contributed by atoms with Gasteiger partial charge in [-0.15, -0.1) is 0 Å². The molecule has 5 heteroatoms. The molecular weight excluding hydrogens is 282 g/mol. The van der Waals surface area contributed by atoms with Crippen molar-refractivity contribution in [1.82, 2.24) is 4.90 Å². The van der Waals surface area contributed by atoms with Crippen molar-refractivity contribution in [2.24, 2.45) is 11.8 Å². The van der Waals surface area contributed by atoms with E-state index in [1.807, 2.05) is 12.1 Å². The van der Waals surface area contributed by atoms with Gasteiger partial charge in [0.15, 0.2) is 0 Å². The van der Waals surface area contributed by atoms with E-state index in [2.05, 4.69) is 6.92 Å². The van der Waals surface area contributed by atoms with Crippen LogP contribution < -0.4 is 0 Å². The lowest BCUT2D eigenvalue weighted by Gasteiger charge is -2.29. The smallest absolute Gasteiger partial charge is 0.308 e. The predicted molar refractivity (Wildman–Crippen MR) is 81.2 cm³/mol. The van der Waals surface area contributed by atoms with Gasteiger partial charge in [0.25, 0.3) is 0 Å². The van der Waals surface area contributed by atoms with Gasteiger partial charge in [-0.1, -0.05) is 6.92 Å². The number of nitrogens with zero attached hydrogens (tertiary/aromatic N) is 1. The number of hydrogen-bond acceptors (Lipinski definition) is 3. The Labute approximate surface area is 129 Å². The Morgan fingerprint density at radius 2 is 2.18 bits per heavy atom. The molecular formula is C17H21NO4. The number of amides is 1. The predicted octanol–water partition coefficient (Wildman–Crippen LogP) is 2.74. The third kappa shape index (κ3) is 3.24. The Kier molecular flexibility index (Phi) is 4.05. The van der Waals surface area contributed by atoms with Crippen LogP contribution in [-0.4, -0.2) is 35.0 Å². The monoisotopic (exact) mass is 303 g/mol. The van der Waals surface area contributed by atoms with Gasteiger partial charge >= 0.3 is 5.97 Å². The van der Waals surface area contributed by atoms with Gasteiger partial charge in [-0.2, -0.15) is 0 Å². The number of aliphatic carboxylic acids is 1. The molecule has 2 heterocycles. The molecule has 3 rings (SSSR count). The van der Waals surface area contributed by atoms with E-state index >= 15 is 0 Å².